The zero-order chi connectivity index (χ0) is 32.5. The molecule has 44 heavy (non-hydrogen) atoms. The third-order valence-corrected chi connectivity index (χ3v) is 8.93. The Kier molecular flexibility index (Phi) is 33.0. The first kappa shape index (κ1) is 43.2. The number of ketones is 1. The van der Waals surface area contributed by atoms with Crippen molar-refractivity contribution in [1.82, 2.24) is 4.90 Å². The molecule has 0 amide bonds. The molecule has 6 heteroatoms. The summed E-state index contributed by atoms with van der Waals surface area (Å²) in [5.74, 6) is -0.492. The number of rotatable bonds is 35. The first-order chi connectivity index (χ1) is 21.5. The van der Waals surface area contributed by atoms with Crippen LogP contribution in [0.3, 0.4) is 0 Å². The molecule has 262 valence electrons. The van der Waals surface area contributed by atoms with Gasteiger partial charge in [0, 0.05) is 0 Å². The number of Topliss-reactive ketones (excluding diaryl/α,β-unsaturated/α-hetero) is 1. The molecule has 0 aromatic rings. The van der Waals surface area contributed by atoms with Gasteiger partial charge in [-0.2, -0.15) is 0 Å². The van der Waals surface area contributed by atoms with Crippen LogP contribution in [0.2, 0.25) is 0 Å². The van der Waals surface area contributed by atoms with Crippen LogP contribution in [0.4, 0.5) is 0 Å². The minimum absolute atomic E-state index is 0.0689. The summed E-state index contributed by atoms with van der Waals surface area (Å²) >= 11 is 0. The van der Waals surface area contributed by atoms with Crippen molar-refractivity contribution in [2.45, 2.75) is 199 Å². The molecular weight excluding hydrogens is 550 g/mol. The molecule has 0 aliphatic carbocycles. The molecule has 0 aliphatic heterocycles. The van der Waals surface area contributed by atoms with Gasteiger partial charge in [0.25, 0.3) is 0 Å². The van der Waals surface area contributed by atoms with E-state index in [0.717, 1.165) is 38.8 Å². The smallest absolute Gasteiger partial charge is 0.177 e. The van der Waals surface area contributed by atoms with Crippen LogP contribution in [0.5, 0.6) is 0 Å². The van der Waals surface area contributed by atoms with Gasteiger partial charge in [-0.05, 0) is 51.6 Å². The van der Waals surface area contributed by atoms with Crippen LogP contribution in [0.15, 0.2) is 12.2 Å². The first-order valence-corrected chi connectivity index (χ1v) is 19.0. The van der Waals surface area contributed by atoms with Gasteiger partial charge >= 0.3 is 0 Å². The third kappa shape index (κ3) is 27.5. The highest BCUT2D eigenvalue weighted by atomic mass is 16.4. The number of nitrogens with zero attached hydrogens (tertiary/aromatic N) is 1. The summed E-state index contributed by atoms with van der Waals surface area (Å²) in [6.07, 6.45) is 33.0. The number of allylic oxidation sites excluding steroid dienone is 2. The van der Waals surface area contributed by atoms with Crippen molar-refractivity contribution >= 4 is 5.78 Å². The SMILES string of the molecule is CCCCCCCCC=CCCCCCCCCN(CCCCCCCCCCCCCC)CC(=O)[C@@H](O)[C@H](O)[C@H](O)CO. The van der Waals surface area contributed by atoms with E-state index in [4.69, 9.17) is 5.11 Å². The number of hydrogen-bond donors (Lipinski definition) is 4. The summed E-state index contributed by atoms with van der Waals surface area (Å²) in [5, 5.41) is 38.9. The lowest BCUT2D eigenvalue weighted by Gasteiger charge is -2.25. The van der Waals surface area contributed by atoms with E-state index in [1.165, 1.54) is 141 Å². The molecule has 0 heterocycles. The third-order valence-electron chi connectivity index (χ3n) is 8.93. The second kappa shape index (κ2) is 33.6. The summed E-state index contributed by atoms with van der Waals surface area (Å²) in [6, 6.07) is 0. The van der Waals surface area contributed by atoms with Gasteiger partial charge in [0.15, 0.2) is 5.78 Å². The number of aliphatic hydroxyl groups is 4. The van der Waals surface area contributed by atoms with E-state index < -0.39 is 30.7 Å². The van der Waals surface area contributed by atoms with Crippen molar-refractivity contribution < 1.29 is 25.2 Å². The van der Waals surface area contributed by atoms with E-state index in [1.807, 2.05) is 0 Å². The molecule has 0 aromatic carbocycles. The maximum absolute atomic E-state index is 12.7. The Labute approximate surface area is 273 Å². The summed E-state index contributed by atoms with van der Waals surface area (Å²) in [5.41, 5.74) is 0. The van der Waals surface area contributed by atoms with Gasteiger partial charge in [-0.15, -0.1) is 0 Å². The predicted molar refractivity (Wildman–Crippen MR) is 187 cm³/mol. The Morgan fingerprint density at radius 1 is 0.545 bits per heavy atom. The van der Waals surface area contributed by atoms with Gasteiger partial charge in [-0.25, -0.2) is 0 Å². The molecule has 0 unspecified atom stereocenters. The lowest BCUT2D eigenvalue weighted by molar-refractivity contribution is -0.141. The number of unbranched alkanes of at least 4 members (excludes halogenated alkanes) is 23. The van der Waals surface area contributed by atoms with E-state index in [9.17, 15) is 20.1 Å². The molecule has 0 rings (SSSR count). The van der Waals surface area contributed by atoms with Crippen LogP contribution in [-0.4, -0.2) is 75.7 Å². The fraction of sp³-hybridized carbons (Fsp3) is 0.921. The number of hydrogen-bond acceptors (Lipinski definition) is 6. The summed E-state index contributed by atoms with van der Waals surface area (Å²) in [6.45, 7) is 5.51. The normalized spacial score (nSPS) is 14.1. The summed E-state index contributed by atoms with van der Waals surface area (Å²) in [4.78, 5) is 14.8. The summed E-state index contributed by atoms with van der Waals surface area (Å²) < 4.78 is 0. The van der Waals surface area contributed by atoms with Crippen molar-refractivity contribution in [3.8, 4) is 0 Å². The molecule has 6 nitrogen and oxygen atoms in total. The van der Waals surface area contributed by atoms with Gasteiger partial charge < -0.3 is 20.4 Å². The monoisotopic (exact) mass is 626 g/mol. The van der Waals surface area contributed by atoms with Gasteiger partial charge in [0.1, 0.15) is 18.3 Å². The molecule has 0 saturated carbocycles. The average molecular weight is 626 g/mol. The van der Waals surface area contributed by atoms with Crippen LogP contribution in [-0.2, 0) is 4.79 Å². The fourth-order valence-electron chi connectivity index (χ4n) is 5.85. The molecule has 0 aliphatic rings. The Morgan fingerprint density at radius 3 is 1.25 bits per heavy atom. The van der Waals surface area contributed by atoms with Crippen molar-refractivity contribution in [3.63, 3.8) is 0 Å². The highest BCUT2D eigenvalue weighted by Gasteiger charge is 2.30. The zero-order valence-corrected chi connectivity index (χ0v) is 29.2. The highest BCUT2D eigenvalue weighted by molar-refractivity contribution is 5.85. The predicted octanol–water partition coefficient (Wildman–Crippen LogP) is 8.67. The van der Waals surface area contributed by atoms with Crippen LogP contribution in [0.25, 0.3) is 0 Å². The van der Waals surface area contributed by atoms with Gasteiger partial charge in [0.2, 0.25) is 0 Å². The number of aliphatic hydroxyl groups excluding tert-OH is 4. The van der Waals surface area contributed by atoms with Gasteiger partial charge in [-0.1, -0.05) is 154 Å². The number of carbonyl (C=O) groups excluding carboxylic acids is 1. The second-order valence-corrected chi connectivity index (χ2v) is 13.3. The van der Waals surface area contributed by atoms with Crippen molar-refractivity contribution in [2.75, 3.05) is 26.2 Å². The lowest BCUT2D eigenvalue weighted by atomic mass is 10.0. The van der Waals surface area contributed by atoms with Crippen molar-refractivity contribution in [3.05, 3.63) is 12.2 Å². The summed E-state index contributed by atoms with van der Waals surface area (Å²) in [7, 11) is 0. The van der Waals surface area contributed by atoms with Gasteiger partial charge in [0.05, 0.1) is 13.2 Å². The minimum atomic E-state index is -1.68. The van der Waals surface area contributed by atoms with Crippen LogP contribution in [0.1, 0.15) is 181 Å². The molecule has 0 radical (unpaired) electrons. The van der Waals surface area contributed by atoms with E-state index in [1.54, 1.807) is 0 Å². The second-order valence-electron chi connectivity index (χ2n) is 13.3. The minimum Gasteiger partial charge on any atom is -0.394 e. The van der Waals surface area contributed by atoms with E-state index in [-0.39, 0.29) is 6.54 Å². The highest BCUT2D eigenvalue weighted by Crippen LogP contribution is 2.14. The lowest BCUT2D eigenvalue weighted by Crippen LogP contribution is -2.47. The van der Waals surface area contributed by atoms with Crippen LogP contribution >= 0.6 is 0 Å². The van der Waals surface area contributed by atoms with E-state index in [2.05, 4.69) is 30.9 Å². The maximum Gasteiger partial charge on any atom is 0.177 e. The molecule has 0 saturated heterocycles. The zero-order valence-electron chi connectivity index (χ0n) is 29.2. The largest absolute Gasteiger partial charge is 0.394 e. The van der Waals surface area contributed by atoms with Crippen LogP contribution in [0, 0.1) is 0 Å². The fourth-order valence-corrected chi connectivity index (χ4v) is 5.85. The Hall–Kier alpha value is -0.790. The van der Waals surface area contributed by atoms with Gasteiger partial charge in [-0.3, -0.25) is 9.69 Å². The molecule has 0 bridgehead atoms. The molecule has 0 spiro atoms. The molecule has 0 aromatic heterocycles. The topological polar surface area (TPSA) is 101 Å². The maximum atomic E-state index is 12.7. The van der Waals surface area contributed by atoms with Crippen LogP contribution < -0.4 is 0 Å². The van der Waals surface area contributed by atoms with Crippen molar-refractivity contribution in [1.29, 1.82) is 0 Å². The average Bonchev–Trinajstić information content (AvgIpc) is 3.03. The Balaban J connectivity index is 4.17. The van der Waals surface area contributed by atoms with E-state index >= 15 is 0 Å². The molecule has 3 atom stereocenters. The van der Waals surface area contributed by atoms with Crippen molar-refractivity contribution in [2.24, 2.45) is 0 Å². The van der Waals surface area contributed by atoms with E-state index in [0.29, 0.717) is 0 Å². The molecule has 0 fully saturated rings. The Bertz CT molecular complexity index is 628. The Morgan fingerprint density at radius 2 is 0.886 bits per heavy atom. The number of carbonyl (C=O) groups is 1. The molecule has 4 N–H and O–H groups in total. The standard InChI is InChI=1S/C38H75NO5/c1-3-5-7-9-11-13-15-17-18-19-20-22-24-26-28-30-32-39(33-35(41)37(43)38(44)36(42)34-40)31-29-27-25-23-21-16-14-12-10-8-6-4-2/h17-18,36-38,40,42-44H,3-16,19-34H2,1-2H3/t36-,37-,38-/m1/s1. The first-order valence-electron chi connectivity index (χ1n) is 19.0. The molecular formula is C38H75NO5. The quantitative estimate of drug-likeness (QED) is 0.0415.